The van der Waals surface area contributed by atoms with Gasteiger partial charge < -0.3 is 14.4 Å². The first kappa shape index (κ1) is 24.4. The molecule has 33 heavy (non-hydrogen) atoms. The highest BCUT2D eigenvalue weighted by Crippen LogP contribution is 2.28. The van der Waals surface area contributed by atoms with E-state index in [1.54, 1.807) is 55.6 Å². The molecule has 0 fully saturated rings. The smallest absolute Gasteiger partial charge is 0.265 e. The average Bonchev–Trinajstić information content (AvgIpc) is 2.80. The van der Waals surface area contributed by atoms with E-state index in [0.29, 0.717) is 16.5 Å². The molecule has 1 N–H and O–H groups in total. The average molecular weight is 489 g/mol. The number of carbonyl (C=O) groups excluding carboxylic acids is 1. The summed E-state index contributed by atoms with van der Waals surface area (Å²) >= 11 is 6.07. The van der Waals surface area contributed by atoms with Crippen molar-refractivity contribution in [1.82, 2.24) is 4.90 Å². The molecule has 0 heterocycles. The van der Waals surface area contributed by atoms with E-state index in [1.807, 2.05) is 6.92 Å². The SMILES string of the molecule is COc1ccc(C(=O)N(C)CCOc2ccccc2Cl)cc1S(=O)(=O)Nc1ccc(C)cc1. The zero-order valence-electron chi connectivity index (χ0n) is 18.5. The Kier molecular flexibility index (Phi) is 7.84. The normalized spacial score (nSPS) is 11.0. The molecule has 1 amide bonds. The molecule has 0 radical (unpaired) electrons. The Morgan fingerprint density at radius 2 is 1.73 bits per heavy atom. The molecule has 0 aliphatic rings. The Bertz CT molecular complexity index is 1230. The van der Waals surface area contributed by atoms with E-state index in [9.17, 15) is 13.2 Å². The lowest BCUT2D eigenvalue weighted by atomic mass is 10.2. The van der Waals surface area contributed by atoms with E-state index in [4.69, 9.17) is 21.1 Å². The van der Waals surface area contributed by atoms with Gasteiger partial charge in [0, 0.05) is 18.3 Å². The van der Waals surface area contributed by atoms with Crippen molar-refractivity contribution in [2.24, 2.45) is 0 Å². The Morgan fingerprint density at radius 1 is 1.03 bits per heavy atom. The highest BCUT2D eigenvalue weighted by Gasteiger charge is 2.23. The first-order chi connectivity index (χ1) is 15.7. The molecule has 0 aliphatic carbocycles. The van der Waals surface area contributed by atoms with Crippen molar-refractivity contribution in [3.63, 3.8) is 0 Å². The van der Waals surface area contributed by atoms with E-state index >= 15 is 0 Å². The van der Waals surface area contributed by atoms with E-state index in [2.05, 4.69) is 4.72 Å². The quantitative estimate of drug-likeness (QED) is 0.475. The fourth-order valence-corrected chi connectivity index (χ4v) is 4.47. The van der Waals surface area contributed by atoms with Gasteiger partial charge in [0.05, 0.1) is 18.7 Å². The summed E-state index contributed by atoms with van der Waals surface area (Å²) in [6.45, 7) is 2.41. The number of halogens is 1. The standard InChI is InChI=1S/C24H25ClN2O5S/c1-17-8-11-19(12-9-17)26-33(29,30)23-16-18(10-13-22(23)31-3)24(28)27(2)14-15-32-21-7-5-4-6-20(21)25/h4-13,16,26H,14-15H2,1-3H3. The first-order valence-electron chi connectivity index (χ1n) is 10.1. The molecule has 0 aromatic heterocycles. The molecule has 0 saturated heterocycles. The van der Waals surface area contributed by atoms with E-state index in [0.717, 1.165) is 5.56 Å². The molecule has 3 rings (SSSR count). The third-order valence-electron chi connectivity index (χ3n) is 4.87. The molecule has 9 heteroatoms. The van der Waals surface area contributed by atoms with Gasteiger partial charge in [-0.15, -0.1) is 0 Å². The van der Waals surface area contributed by atoms with Crippen molar-refractivity contribution in [3.05, 3.63) is 82.9 Å². The Labute approximate surface area is 198 Å². The van der Waals surface area contributed by atoms with Crippen molar-refractivity contribution in [1.29, 1.82) is 0 Å². The number of anilines is 1. The molecule has 0 unspecified atom stereocenters. The molecule has 3 aromatic rings. The number of rotatable bonds is 9. The van der Waals surface area contributed by atoms with Crippen molar-refractivity contribution in [3.8, 4) is 11.5 Å². The third kappa shape index (κ3) is 6.18. The minimum Gasteiger partial charge on any atom is -0.495 e. The van der Waals surface area contributed by atoms with Crippen molar-refractivity contribution in [2.45, 2.75) is 11.8 Å². The lowest BCUT2D eigenvalue weighted by Crippen LogP contribution is -2.31. The molecule has 174 valence electrons. The number of sulfonamides is 1. The number of carbonyl (C=O) groups is 1. The molecule has 0 atom stereocenters. The van der Waals surface area contributed by atoms with Crippen LogP contribution >= 0.6 is 11.6 Å². The summed E-state index contributed by atoms with van der Waals surface area (Å²) in [5, 5.41) is 0.484. The van der Waals surface area contributed by atoms with Gasteiger partial charge >= 0.3 is 0 Å². The Morgan fingerprint density at radius 3 is 2.39 bits per heavy atom. The molecule has 0 saturated carbocycles. The van der Waals surface area contributed by atoms with Crippen LogP contribution in [0.15, 0.2) is 71.6 Å². The van der Waals surface area contributed by atoms with Gasteiger partial charge in [-0.3, -0.25) is 9.52 Å². The fraction of sp³-hybridized carbons (Fsp3) is 0.208. The van der Waals surface area contributed by atoms with Crippen LogP contribution in [-0.2, 0) is 10.0 Å². The number of likely N-dealkylation sites (N-methyl/N-ethyl adjacent to an activating group) is 1. The van der Waals surface area contributed by atoms with Gasteiger partial charge in [-0.1, -0.05) is 41.4 Å². The second-order valence-electron chi connectivity index (χ2n) is 7.34. The predicted octanol–water partition coefficient (Wildman–Crippen LogP) is 4.61. The van der Waals surface area contributed by atoms with Crippen LogP contribution in [0.5, 0.6) is 11.5 Å². The van der Waals surface area contributed by atoms with Gasteiger partial charge in [0.25, 0.3) is 15.9 Å². The minimum absolute atomic E-state index is 0.128. The van der Waals surface area contributed by atoms with Gasteiger partial charge in [-0.25, -0.2) is 8.42 Å². The summed E-state index contributed by atoms with van der Waals surface area (Å²) in [5.41, 5.74) is 1.62. The zero-order valence-corrected chi connectivity index (χ0v) is 20.1. The van der Waals surface area contributed by atoms with Crippen molar-refractivity contribution in [2.75, 3.05) is 32.0 Å². The van der Waals surface area contributed by atoms with Crippen LogP contribution in [0.1, 0.15) is 15.9 Å². The van der Waals surface area contributed by atoms with Crippen LogP contribution in [0.4, 0.5) is 5.69 Å². The zero-order chi connectivity index (χ0) is 24.0. The number of methoxy groups -OCH3 is 1. The predicted molar refractivity (Wildman–Crippen MR) is 129 cm³/mol. The number of para-hydroxylation sites is 1. The van der Waals surface area contributed by atoms with Crippen LogP contribution < -0.4 is 14.2 Å². The maximum atomic E-state index is 13.0. The summed E-state index contributed by atoms with van der Waals surface area (Å²) in [7, 11) is -1.01. The summed E-state index contributed by atoms with van der Waals surface area (Å²) in [4.78, 5) is 14.2. The monoisotopic (exact) mass is 488 g/mol. The third-order valence-corrected chi connectivity index (χ3v) is 6.59. The Hall–Kier alpha value is -3.23. The number of benzene rings is 3. The molecule has 0 spiro atoms. The van der Waals surface area contributed by atoms with Gasteiger partial charge in [0.2, 0.25) is 0 Å². The fourth-order valence-electron chi connectivity index (χ4n) is 3.03. The molecule has 0 bridgehead atoms. The first-order valence-corrected chi connectivity index (χ1v) is 12.0. The molecular formula is C24H25ClN2O5S. The van der Waals surface area contributed by atoms with Crippen LogP contribution in [0, 0.1) is 6.92 Å². The number of amides is 1. The summed E-state index contributed by atoms with van der Waals surface area (Å²) < 4.78 is 39.4. The number of nitrogens with zero attached hydrogens (tertiary/aromatic N) is 1. The van der Waals surface area contributed by atoms with Gasteiger partial charge in [-0.2, -0.15) is 0 Å². The van der Waals surface area contributed by atoms with Crippen LogP contribution in [0.3, 0.4) is 0 Å². The summed E-state index contributed by atoms with van der Waals surface area (Å²) in [5.74, 6) is 0.308. The second-order valence-corrected chi connectivity index (χ2v) is 9.40. The van der Waals surface area contributed by atoms with Gasteiger partial charge in [0.15, 0.2) is 0 Å². The number of hydrogen-bond acceptors (Lipinski definition) is 5. The van der Waals surface area contributed by atoms with Gasteiger partial charge in [-0.05, 0) is 49.4 Å². The van der Waals surface area contributed by atoms with Crippen molar-refractivity contribution >= 4 is 33.2 Å². The van der Waals surface area contributed by atoms with Crippen LogP contribution in [-0.4, -0.2) is 46.5 Å². The maximum Gasteiger partial charge on any atom is 0.265 e. The van der Waals surface area contributed by atoms with Crippen molar-refractivity contribution < 1.29 is 22.7 Å². The summed E-state index contributed by atoms with van der Waals surface area (Å²) in [6.07, 6.45) is 0. The maximum absolute atomic E-state index is 13.0. The largest absolute Gasteiger partial charge is 0.495 e. The number of ether oxygens (including phenoxy) is 2. The number of aryl methyl sites for hydroxylation is 1. The second kappa shape index (κ2) is 10.6. The van der Waals surface area contributed by atoms with Gasteiger partial charge in [0.1, 0.15) is 23.0 Å². The van der Waals surface area contributed by atoms with E-state index in [-0.39, 0.29) is 35.3 Å². The molecule has 0 aliphatic heterocycles. The number of hydrogen-bond donors (Lipinski definition) is 1. The van der Waals surface area contributed by atoms with Crippen LogP contribution in [0.2, 0.25) is 5.02 Å². The lowest BCUT2D eigenvalue weighted by Gasteiger charge is -2.19. The highest BCUT2D eigenvalue weighted by molar-refractivity contribution is 7.92. The highest BCUT2D eigenvalue weighted by atomic mass is 35.5. The topological polar surface area (TPSA) is 84.9 Å². The lowest BCUT2D eigenvalue weighted by molar-refractivity contribution is 0.0773. The van der Waals surface area contributed by atoms with E-state index in [1.165, 1.54) is 30.2 Å². The summed E-state index contributed by atoms with van der Waals surface area (Å²) in [6, 6.07) is 18.3. The van der Waals surface area contributed by atoms with E-state index < -0.39 is 10.0 Å². The Balaban J connectivity index is 1.75. The molecule has 7 nitrogen and oxygen atoms in total. The molecule has 3 aromatic carbocycles. The minimum atomic E-state index is -3.99. The molecular weight excluding hydrogens is 464 g/mol. The number of nitrogens with one attached hydrogen (secondary N) is 1. The van der Waals surface area contributed by atoms with Crippen LogP contribution in [0.25, 0.3) is 0 Å².